The lowest BCUT2D eigenvalue weighted by molar-refractivity contribution is 0.121. The van der Waals surface area contributed by atoms with Crippen LogP contribution < -0.4 is 5.73 Å². The molecule has 1 aliphatic rings. The first-order valence-electron chi connectivity index (χ1n) is 7.40. The molecular formula is C16H24BrClN2. The van der Waals surface area contributed by atoms with E-state index in [0.717, 1.165) is 15.4 Å². The van der Waals surface area contributed by atoms with E-state index in [4.69, 9.17) is 17.3 Å². The fraction of sp³-hybridized carbons (Fsp3) is 0.625. The predicted molar refractivity (Wildman–Crippen MR) is 90.1 cm³/mol. The van der Waals surface area contributed by atoms with Crippen molar-refractivity contribution in [2.75, 3.05) is 13.6 Å². The standard InChI is InChI=1S/C16H24BrClN2/c1-11-4-3-5-13(8-11)20(2)16(10-19)12-6-7-14(17)15(18)9-12/h6-7,9,11,13,16H,3-5,8,10,19H2,1-2H3. The highest BCUT2D eigenvalue weighted by Gasteiger charge is 2.27. The van der Waals surface area contributed by atoms with Gasteiger partial charge in [0.05, 0.1) is 5.02 Å². The average Bonchev–Trinajstić information content (AvgIpc) is 2.43. The van der Waals surface area contributed by atoms with Crippen molar-refractivity contribution in [2.45, 2.75) is 44.7 Å². The molecule has 20 heavy (non-hydrogen) atoms. The molecule has 0 aliphatic heterocycles. The Morgan fingerprint density at radius 2 is 2.20 bits per heavy atom. The lowest BCUT2D eigenvalue weighted by Gasteiger charge is -2.39. The third-order valence-electron chi connectivity index (χ3n) is 4.53. The Morgan fingerprint density at radius 3 is 2.80 bits per heavy atom. The highest BCUT2D eigenvalue weighted by Crippen LogP contribution is 2.33. The quantitative estimate of drug-likeness (QED) is 0.850. The first-order chi connectivity index (χ1) is 9.52. The summed E-state index contributed by atoms with van der Waals surface area (Å²) in [5, 5.41) is 0.756. The van der Waals surface area contributed by atoms with Crippen molar-refractivity contribution in [2.24, 2.45) is 11.7 Å². The lowest BCUT2D eigenvalue weighted by atomic mass is 9.85. The Morgan fingerprint density at radius 1 is 1.45 bits per heavy atom. The second-order valence-corrected chi connectivity index (χ2v) is 7.28. The van der Waals surface area contributed by atoms with Crippen molar-refractivity contribution in [3.63, 3.8) is 0 Å². The van der Waals surface area contributed by atoms with E-state index in [1.165, 1.54) is 31.2 Å². The Balaban J connectivity index is 2.15. The van der Waals surface area contributed by atoms with Gasteiger partial charge in [-0.15, -0.1) is 0 Å². The Hall–Kier alpha value is -0.0900. The van der Waals surface area contributed by atoms with Crippen LogP contribution in [0.4, 0.5) is 0 Å². The van der Waals surface area contributed by atoms with Crippen molar-refractivity contribution in [3.8, 4) is 0 Å². The molecule has 0 amide bonds. The molecule has 3 atom stereocenters. The fourth-order valence-electron chi connectivity index (χ4n) is 3.28. The zero-order chi connectivity index (χ0) is 14.7. The topological polar surface area (TPSA) is 29.3 Å². The molecule has 0 radical (unpaired) electrons. The largest absolute Gasteiger partial charge is 0.329 e. The number of benzene rings is 1. The van der Waals surface area contributed by atoms with Gasteiger partial charge in [0.2, 0.25) is 0 Å². The third kappa shape index (κ3) is 3.76. The molecule has 2 N–H and O–H groups in total. The summed E-state index contributed by atoms with van der Waals surface area (Å²) in [4.78, 5) is 2.45. The average molecular weight is 360 g/mol. The van der Waals surface area contributed by atoms with Crippen LogP contribution in [0, 0.1) is 5.92 Å². The van der Waals surface area contributed by atoms with Crippen LogP contribution in [0.2, 0.25) is 5.02 Å². The third-order valence-corrected chi connectivity index (χ3v) is 5.76. The number of rotatable bonds is 4. The number of hydrogen-bond donors (Lipinski definition) is 1. The molecule has 0 saturated heterocycles. The van der Waals surface area contributed by atoms with Crippen LogP contribution in [0.5, 0.6) is 0 Å². The molecule has 3 unspecified atom stereocenters. The fourth-order valence-corrected chi connectivity index (χ4v) is 3.72. The molecule has 0 aromatic heterocycles. The number of nitrogens with zero attached hydrogens (tertiary/aromatic N) is 1. The van der Waals surface area contributed by atoms with E-state index in [1.54, 1.807) is 0 Å². The van der Waals surface area contributed by atoms with Gasteiger partial charge in [0, 0.05) is 23.1 Å². The summed E-state index contributed by atoms with van der Waals surface area (Å²) in [6, 6.07) is 7.05. The Labute approximate surface area is 135 Å². The minimum absolute atomic E-state index is 0.246. The summed E-state index contributed by atoms with van der Waals surface area (Å²) in [5.41, 5.74) is 7.25. The van der Waals surface area contributed by atoms with Crippen LogP contribution in [0.3, 0.4) is 0 Å². The monoisotopic (exact) mass is 358 g/mol. The number of nitrogens with two attached hydrogens (primary N) is 1. The van der Waals surface area contributed by atoms with Gasteiger partial charge in [-0.25, -0.2) is 0 Å². The van der Waals surface area contributed by atoms with Crippen LogP contribution in [-0.4, -0.2) is 24.5 Å². The van der Waals surface area contributed by atoms with E-state index in [0.29, 0.717) is 12.6 Å². The second-order valence-electron chi connectivity index (χ2n) is 6.02. The van der Waals surface area contributed by atoms with Gasteiger partial charge < -0.3 is 5.73 Å². The lowest BCUT2D eigenvalue weighted by Crippen LogP contribution is -2.41. The molecule has 2 nitrogen and oxygen atoms in total. The molecule has 4 heteroatoms. The molecule has 0 bridgehead atoms. The maximum atomic E-state index is 6.22. The maximum absolute atomic E-state index is 6.22. The summed E-state index contributed by atoms with van der Waals surface area (Å²) in [7, 11) is 2.20. The van der Waals surface area contributed by atoms with E-state index >= 15 is 0 Å². The van der Waals surface area contributed by atoms with Gasteiger partial charge >= 0.3 is 0 Å². The molecular weight excluding hydrogens is 336 g/mol. The molecule has 1 aromatic rings. The Bertz CT molecular complexity index is 452. The molecule has 1 fully saturated rings. The first kappa shape index (κ1) is 16.3. The SMILES string of the molecule is CC1CCCC(N(C)C(CN)c2ccc(Br)c(Cl)c2)C1. The van der Waals surface area contributed by atoms with Crippen molar-refractivity contribution in [1.82, 2.24) is 4.90 Å². The molecule has 1 aromatic carbocycles. The van der Waals surface area contributed by atoms with Crippen LogP contribution in [0.25, 0.3) is 0 Å². The number of likely N-dealkylation sites (N-methyl/N-ethyl adjacent to an activating group) is 1. The van der Waals surface area contributed by atoms with Crippen molar-refractivity contribution < 1.29 is 0 Å². The summed E-state index contributed by atoms with van der Waals surface area (Å²) < 4.78 is 0.938. The second kappa shape index (κ2) is 7.26. The van der Waals surface area contributed by atoms with Crippen LogP contribution in [0.1, 0.15) is 44.2 Å². The van der Waals surface area contributed by atoms with Gasteiger partial charge in [-0.1, -0.05) is 37.4 Å². The van der Waals surface area contributed by atoms with Gasteiger partial charge in [0.1, 0.15) is 0 Å². The van der Waals surface area contributed by atoms with Gasteiger partial charge in [-0.3, -0.25) is 4.90 Å². The van der Waals surface area contributed by atoms with E-state index in [9.17, 15) is 0 Å². The molecule has 2 rings (SSSR count). The summed E-state index contributed by atoms with van der Waals surface area (Å²) in [6.07, 6.45) is 5.25. The molecule has 1 saturated carbocycles. The van der Waals surface area contributed by atoms with E-state index in [2.05, 4.69) is 40.9 Å². The molecule has 0 heterocycles. The van der Waals surface area contributed by atoms with Gasteiger partial charge in [0.25, 0.3) is 0 Å². The minimum atomic E-state index is 0.246. The number of hydrogen-bond acceptors (Lipinski definition) is 2. The van der Waals surface area contributed by atoms with E-state index in [-0.39, 0.29) is 6.04 Å². The van der Waals surface area contributed by atoms with Gasteiger partial charge in [-0.2, -0.15) is 0 Å². The van der Waals surface area contributed by atoms with Gasteiger partial charge in [-0.05, 0) is 59.4 Å². The van der Waals surface area contributed by atoms with E-state index < -0.39 is 0 Å². The van der Waals surface area contributed by atoms with Crippen molar-refractivity contribution in [3.05, 3.63) is 33.3 Å². The Kier molecular flexibility index (Phi) is 5.91. The maximum Gasteiger partial charge on any atom is 0.0551 e. The van der Waals surface area contributed by atoms with Crippen molar-refractivity contribution in [1.29, 1.82) is 0 Å². The highest BCUT2D eigenvalue weighted by molar-refractivity contribution is 9.10. The minimum Gasteiger partial charge on any atom is -0.329 e. The summed E-state index contributed by atoms with van der Waals surface area (Å²) in [5.74, 6) is 0.822. The normalized spacial score (nSPS) is 24.9. The molecule has 0 spiro atoms. The highest BCUT2D eigenvalue weighted by atomic mass is 79.9. The summed E-state index contributed by atoms with van der Waals surface area (Å²) >= 11 is 9.67. The smallest absolute Gasteiger partial charge is 0.0551 e. The molecule has 112 valence electrons. The molecule has 1 aliphatic carbocycles. The van der Waals surface area contributed by atoms with Crippen molar-refractivity contribution >= 4 is 27.5 Å². The first-order valence-corrected chi connectivity index (χ1v) is 8.57. The van der Waals surface area contributed by atoms with Crippen LogP contribution in [0.15, 0.2) is 22.7 Å². The summed E-state index contributed by atoms with van der Waals surface area (Å²) in [6.45, 7) is 2.98. The van der Waals surface area contributed by atoms with Crippen LogP contribution >= 0.6 is 27.5 Å². The van der Waals surface area contributed by atoms with Crippen LogP contribution in [-0.2, 0) is 0 Å². The van der Waals surface area contributed by atoms with Gasteiger partial charge in [0.15, 0.2) is 0 Å². The van der Waals surface area contributed by atoms with E-state index in [1.807, 2.05) is 12.1 Å². The predicted octanol–water partition coefficient (Wildman–Crippen LogP) is 4.61. The zero-order valence-corrected chi connectivity index (χ0v) is 14.6. The zero-order valence-electron chi connectivity index (χ0n) is 12.3. The number of halogens is 2.